The van der Waals surface area contributed by atoms with E-state index in [1.807, 2.05) is 17.5 Å². The third-order valence-electron chi connectivity index (χ3n) is 4.58. The van der Waals surface area contributed by atoms with E-state index in [0.29, 0.717) is 5.41 Å². The smallest absolute Gasteiger partial charge is 0.113 e. The van der Waals surface area contributed by atoms with Gasteiger partial charge in [-0.05, 0) is 31.1 Å². The number of nitrogens with one attached hydrogen (secondary N) is 1. The molecule has 0 saturated heterocycles. The minimum Gasteiger partial charge on any atom is -0.302 e. The van der Waals surface area contributed by atoms with Gasteiger partial charge in [0.15, 0.2) is 0 Å². The van der Waals surface area contributed by atoms with Crippen LogP contribution in [0.25, 0.3) is 0 Å². The zero-order chi connectivity index (χ0) is 11.9. The molecular formula is C14H22N2S. The summed E-state index contributed by atoms with van der Waals surface area (Å²) >= 11 is 1.83. The Labute approximate surface area is 108 Å². The van der Waals surface area contributed by atoms with Crippen LogP contribution in [0, 0.1) is 5.41 Å². The Morgan fingerprint density at radius 2 is 2.06 bits per heavy atom. The van der Waals surface area contributed by atoms with E-state index in [4.69, 9.17) is 0 Å². The zero-order valence-electron chi connectivity index (χ0n) is 10.8. The van der Waals surface area contributed by atoms with Crippen LogP contribution in [-0.4, -0.2) is 11.0 Å². The molecule has 0 aliphatic heterocycles. The number of thiazole rings is 1. The normalized spacial score (nSPS) is 32.6. The van der Waals surface area contributed by atoms with Gasteiger partial charge in [0.05, 0.1) is 5.54 Å². The highest BCUT2D eigenvalue weighted by molar-refractivity contribution is 7.09. The summed E-state index contributed by atoms with van der Waals surface area (Å²) in [4.78, 5) is 4.64. The quantitative estimate of drug-likeness (QED) is 0.885. The van der Waals surface area contributed by atoms with Crippen LogP contribution in [0.2, 0.25) is 0 Å². The maximum Gasteiger partial charge on any atom is 0.113 e. The third kappa shape index (κ3) is 1.93. The van der Waals surface area contributed by atoms with Crippen molar-refractivity contribution in [2.75, 3.05) is 0 Å². The van der Waals surface area contributed by atoms with Gasteiger partial charge >= 0.3 is 0 Å². The van der Waals surface area contributed by atoms with E-state index >= 15 is 0 Å². The first-order chi connectivity index (χ1) is 8.14. The summed E-state index contributed by atoms with van der Waals surface area (Å²) < 4.78 is 0. The van der Waals surface area contributed by atoms with Crippen molar-refractivity contribution in [1.82, 2.24) is 10.3 Å². The molecule has 17 heavy (non-hydrogen) atoms. The van der Waals surface area contributed by atoms with Crippen LogP contribution in [0.15, 0.2) is 11.6 Å². The molecule has 2 saturated carbocycles. The average Bonchev–Trinajstić information content (AvgIpc) is 2.93. The monoisotopic (exact) mass is 250 g/mol. The molecular weight excluding hydrogens is 228 g/mol. The molecule has 1 N–H and O–H groups in total. The van der Waals surface area contributed by atoms with Crippen LogP contribution < -0.4 is 5.32 Å². The molecule has 1 atom stereocenters. The molecule has 2 nitrogen and oxygen atoms in total. The van der Waals surface area contributed by atoms with Crippen LogP contribution >= 0.6 is 11.3 Å². The fourth-order valence-corrected chi connectivity index (χ4v) is 4.26. The molecule has 1 unspecified atom stereocenters. The first kappa shape index (κ1) is 11.7. The molecule has 0 amide bonds. The van der Waals surface area contributed by atoms with Gasteiger partial charge in [-0.3, -0.25) is 0 Å². The molecule has 0 aromatic carbocycles. The van der Waals surface area contributed by atoms with Gasteiger partial charge in [0.2, 0.25) is 0 Å². The topological polar surface area (TPSA) is 24.9 Å². The molecule has 2 aliphatic carbocycles. The van der Waals surface area contributed by atoms with Crippen molar-refractivity contribution in [3.8, 4) is 0 Å². The van der Waals surface area contributed by atoms with Crippen molar-refractivity contribution in [2.24, 2.45) is 5.41 Å². The number of aromatic nitrogens is 1. The molecule has 3 rings (SSSR count). The standard InChI is InChI=1S/C14H22N2S/c1-13(2)7-3-4-8-14(13,16-11-5-6-11)12-15-9-10-17-12/h9-11,16H,3-8H2,1-2H3. The van der Waals surface area contributed by atoms with E-state index < -0.39 is 0 Å². The number of hydrogen-bond acceptors (Lipinski definition) is 3. The van der Waals surface area contributed by atoms with Gasteiger partial charge in [-0.15, -0.1) is 11.3 Å². The van der Waals surface area contributed by atoms with Crippen molar-refractivity contribution in [3.63, 3.8) is 0 Å². The summed E-state index contributed by atoms with van der Waals surface area (Å²) in [6.07, 6.45) is 9.93. The summed E-state index contributed by atoms with van der Waals surface area (Å²) in [7, 11) is 0. The SMILES string of the molecule is CC1(C)CCCCC1(NC1CC1)c1nccs1. The molecule has 0 radical (unpaired) electrons. The Bertz CT molecular complexity index is 381. The number of nitrogens with zero attached hydrogens (tertiary/aromatic N) is 1. The molecule has 1 heterocycles. The Hall–Kier alpha value is -0.410. The summed E-state index contributed by atoms with van der Waals surface area (Å²) in [6.45, 7) is 4.84. The average molecular weight is 250 g/mol. The maximum absolute atomic E-state index is 4.64. The lowest BCUT2D eigenvalue weighted by atomic mass is 9.63. The highest BCUT2D eigenvalue weighted by Crippen LogP contribution is 2.51. The highest BCUT2D eigenvalue weighted by atomic mass is 32.1. The van der Waals surface area contributed by atoms with Crippen molar-refractivity contribution in [3.05, 3.63) is 16.6 Å². The van der Waals surface area contributed by atoms with Gasteiger partial charge in [-0.2, -0.15) is 0 Å². The van der Waals surface area contributed by atoms with Crippen LogP contribution in [0.1, 0.15) is 57.4 Å². The van der Waals surface area contributed by atoms with Crippen LogP contribution in [-0.2, 0) is 5.54 Å². The summed E-state index contributed by atoms with van der Waals surface area (Å²) in [5, 5.41) is 7.38. The first-order valence-electron chi connectivity index (χ1n) is 6.82. The number of hydrogen-bond donors (Lipinski definition) is 1. The predicted octanol–water partition coefficient (Wildman–Crippen LogP) is 3.69. The van der Waals surface area contributed by atoms with Gasteiger partial charge < -0.3 is 5.32 Å². The fourth-order valence-electron chi connectivity index (χ4n) is 3.24. The van der Waals surface area contributed by atoms with Crippen molar-refractivity contribution in [2.45, 2.75) is 64.0 Å². The molecule has 94 valence electrons. The molecule has 2 fully saturated rings. The van der Waals surface area contributed by atoms with E-state index in [9.17, 15) is 0 Å². The van der Waals surface area contributed by atoms with Crippen LogP contribution in [0.4, 0.5) is 0 Å². The number of rotatable bonds is 3. The Morgan fingerprint density at radius 3 is 2.65 bits per heavy atom. The summed E-state index contributed by atoms with van der Waals surface area (Å²) in [5.41, 5.74) is 0.465. The van der Waals surface area contributed by atoms with Crippen molar-refractivity contribution in [1.29, 1.82) is 0 Å². The minimum absolute atomic E-state index is 0.139. The molecule has 3 heteroatoms. The van der Waals surface area contributed by atoms with Gasteiger partial charge in [0, 0.05) is 17.6 Å². The Morgan fingerprint density at radius 1 is 1.29 bits per heavy atom. The Kier molecular flexibility index (Phi) is 2.79. The molecule has 2 aliphatic rings. The first-order valence-corrected chi connectivity index (χ1v) is 7.70. The van der Waals surface area contributed by atoms with Crippen LogP contribution in [0.5, 0.6) is 0 Å². The maximum atomic E-state index is 4.64. The van der Waals surface area contributed by atoms with E-state index in [0.717, 1.165) is 6.04 Å². The van der Waals surface area contributed by atoms with E-state index in [2.05, 4.69) is 29.5 Å². The summed E-state index contributed by atoms with van der Waals surface area (Å²) in [5.74, 6) is 0. The van der Waals surface area contributed by atoms with Crippen molar-refractivity contribution >= 4 is 11.3 Å². The van der Waals surface area contributed by atoms with Gasteiger partial charge in [-0.25, -0.2) is 4.98 Å². The second-order valence-corrected chi connectivity index (χ2v) is 7.15. The van der Waals surface area contributed by atoms with Gasteiger partial charge in [0.1, 0.15) is 5.01 Å². The predicted molar refractivity (Wildman–Crippen MR) is 72.2 cm³/mol. The lowest BCUT2D eigenvalue weighted by molar-refractivity contribution is 0.0571. The Balaban J connectivity index is 1.99. The van der Waals surface area contributed by atoms with Gasteiger partial charge in [0.25, 0.3) is 0 Å². The van der Waals surface area contributed by atoms with Crippen LogP contribution in [0.3, 0.4) is 0 Å². The molecule has 0 bridgehead atoms. The second-order valence-electron chi connectivity index (χ2n) is 6.25. The highest BCUT2D eigenvalue weighted by Gasteiger charge is 2.51. The minimum atomic E-state index is 0.139. The lowest BCUT2D eigenvalue weighted by Crippen LogP contribution is -2.55. The van der Waals surface area contributed by atoms with E-state index in [1.165, 1.54) is 43.5 Å². The lowest BCUT2D eigenvalue weighted by Gasteiger charge is -2.50. The fraction of sp³-hybridized carbons (Fsp3) is 0.786. The molecule has 0 spiro atoms. The van der Waals surface area contributed by atoms with E-state index in [1.54, 1.807) is 0 Å². The van der Waals surface area contributed by atoms with E-state index in [-0.39, 0.29) is 5.54 Å². The molecule has 1 aromatic heterocycles. The largest absolute Gasteiger partial charge is 0.302 e. The second kappa shape index (κ2) is 4.06. The third-order valence-corrected chi connectivity index (χ3v) is 5.52. The van der Waals surface area contributed by atoms with Crippen molar-refractivity contribution < 1.29 is 0 Å². The zero-order valence-corrected chi connectivity index (χ0v) is 11.6. The molecule has 1 aromatic rings. The van der Waals surface area contributed by atoms with Gasteiger partial charge in [-0.1, -0.05) is 26.7 Å². The summed E-state index contributed by atoms with van der Waals surface area (Å²) in [6, 6.07) is 0.747.